The Morgan fingerprint density at radius 1 is 0.700 bits per heavy atom. The highest BCUT2D eigenvalue weighted by Crippen LogP contribution is 2.12. The Hall–Kier alpha value is -0.660. The SMILES string of the molecule is CC(C)CC(=O)CC(C)C.CCC(C)C(=O)C(C)CC. The molecule has 0 aromatic carbocycles. The summed E-state index contributed by atoms with van der Waals surface area (Å²) in [5, 5.41) is 0. The Kier molecular flexibility index (Phi) is 13.1. The summed E-state index contributed by atoms with van der Waals surface area (Å²) in [6, 6.07) is 0. The summed E-state index contributed by atoms with van der Waals surface area (Å²) in [5.74, 6) is 2.39. The van der Waals surface area contributed by atoms with Crippen molar-refractivity contribution in [2.75, 3.05) is 0 Å². The van der Waals surface area contributed by atoms with Crippen molar-refractivity contribution in [2.45, 2.75) is 81.1 Å². The first kappa shape index (κ1) is 21.6. The van der Waals surface area contributed by atoms with E-state index in [-0.39, 0.29) is 11.8 Å². The Morgan fingerprint density at radius 3 is 1.20 bits per heavy atom. The van der Waals surface area contributed by atoms with E-state index in [9.17, 15) is 9.59 Å². The molecule has 0 radical (unpaired) electrons. The normalized spacial score (nSPS) is 13.7. The fraction of sp³-hybridized carbons (Fsp3) is 0.889. The molecule has 0 aliphatic carbocycles. The van der Waals surface area contributed by atoms with Crippen LogP contribution in [-0.2, 0) is 9.59 Å². The quantitative estimate of drug-likeness (QED) is 0.606. The molecule has 0 bridgehead atoms. The zero-order chi connectivity index (χ0) is 16.3. The Balaban J connectivity index is 0. The Morgan fingerprint density at radius 2 is 1.00 bits per heavy atom. The smallest absolute Gasteiger partial charge is 0.138 e. The largest absolute Gasteiger partial charge is 0.300 e. The van der Waals surface area contributed by atoms with Gasteiger partial charge in [-0.1, -0.05) is 55.4 Å². The van der Waals surface area contributed by atoms with Crippen LogP contribution >= 0.6 is 0 Å². The summed E-state index contributed by atoms with van der Waals surface area (Å²) in [4.78, 5) is 22.4. The zero-order valence-corrected chi connectivity index (χ0v) is 15.0. The lowest BCUT2D eigenvalue weighted by atomic mass is 9.92. The van der Waals surface area contributed by atoms with E-state index in [1.54, 1.807) is 0 Å². The lowest BCUT2D eigenvalue weighted by molar-refractivity contribution is -0.126. The molecule has 0 N–H and O–H groups in total. The topological polar surface area (TPSA) is 34.1 Å². The second-order valence-corrected chi connectivity index (χ2v) is 6.76. The van der Waals surface area contributed by atoms with Gasteiger partial charge in [0.25, 0.3) is 0 Å². The molecule has 0 amide bonds. The van der Waals surface area contributed by atoms with Crippen molar-refractivity contribution in [2.24, 2.45) is 23.7 Å². The van der Waals surface area contributed by atoms with E-state index >= 15 is 0 Å². The zero-order valence-electron chi connectivity index (χ0n) is 15.0. The molecular formula is C18H36O2. The highest BCUT2D eigenvalue weighted by Gasteiger charge is 2.15. The maximum absolute atomic E-state index is 11.3. The second kappa shape index (κ2) is 12.1. The van der Waals surface area contributed by atoms with Gasteiger partial charge < -0.3 is 0 Å². The van der Waals surface area contributed by atoms with Gasteiger partial charge in [-0.3, -0.25) is 9.59 Å². The summed E-state index contributed by atoms with van der Waals surface area (Å²) in [6.45, 7) is 16.5. The van der Waals surface area contributed by atoms with Crippen molar-refractivity contribution in [1.29, 1.82) is 0 Å². The third-order valence-corrected chi connectivity index (χ3v) is 3.47. The standard InChI is InChI=1S/2C9H18O/c1-7(2)5-9(10)6-8(3)4;1-5-7(3)9(10)8(4)6-2/h2*7-8H,5-6H2,1-4H3. The monoisotopic (exact) mass is 284 g/mol. The fourth-order valence-corrected chi connectivity index (χ4v) is 1.88. The average molecular weight is 284 g/mol. The maximum atomic E-state index is 11.3. The van der Waals surface area contributed by atoms with Crippen LogP contribution in [0.4, 0.5) is 0 Å². The molecule has 2 heteroatoms. The summed E-state index contributed by atoms with van der Waals surface area (Å²) in [5.41, 5.74) is 0. The number of Topliss-reactive ketones (excluding diaryl/α,β-unsaturated/α-hetero) is 2. The van der Waals surface area contributed by atoms with Gasteiger partial charge in [-0.25, -0.2) is 0 Å². The molecule has 0 aromatic heterocycles. The highest BCUT2D eigenvalue weighted by molar-refractivity contribution is 5.82. The van der Waals surface area contributed by atoms with E-state index in [0.717, 1.165) is 25.7 Å². The molecule has 0 heterocycles. The molecule has 2 atom stereocenters. The van der Waals surface area contributed by atoms with Crippen molar-refractivity contribution < 1.29 is 9.59 Å². The van der Waals surface area contributed by atoms with Gasteiger partial charge in [0.1, 0.15) is 11.6 Å². The highest BCUT2D eigenvalue weighted by atomic mass is 16.1. The molecule has 2 nitrogen and oxygen atoms in total. The predicted octanol–water partition coefficient (Wildman–Crippen LogP) is 5.30. The number of hydrogen-bond acceptors (Lipinski definition) is 2. The van der Waals surface area contributed by atoms with Crippen LogP contribution in [0.2, 0.25) is 0 Å². The van der Waals surface area contributed by atoms with Gasteiger partial charge in [-0.2, -0.15) is 0 Å². The van der Waals surface area contributed by atoms with Crippen molar-refractivity contribution >= 4 is 11.6 Å². The lowest BCUT2D eigenvalue weighted by Gasteiger charge is -2.11. The van der Waals surface area contributed by atoms with Crippen molar-refractivity contribution in [3.05, 3.63) is 0 Å². The molecule has 0 saturated heterocycles. The minimum absolute atomic E-state index is 0.259. The van der Waals surface area contributed by atoms with Crippen molar-refractivity contribution in [1.82, 2.24) is 0 Å². The molecule has 0 saturated carbocycles. The molecular weight excluding hydrogens is 248 g/mol. The summed E-state index contributed by atoms with van der Waals surface area (Å²) >= 11 is 0. The number of ketones is 2. The van der Waals surface area contributed by atoms with E-state index in [1.807, 2.05) is 13.8 Å². The van der Waals surface area contributed by atoms with Crippen LogP contribution in [0.25, 0.3) is 0 Å². The third kappa shape index (κ3) is 12.4. The van der Waals surface area contributed by atoms with Gasteiger partial charge in [0, 0.05) is 24.7 Å². The lowest BCUT2D eigenvalue weighted by Crippen LogP contribution is -2.17. The minimum atomic E-state index is 0.259. The van der Waals surface area contributed by atoms with E-state index in [4.69, 9.17) is 0 Å². The first-order valence-electron chi connectivity index (χ1n) is 8.20. The summed E-state index contributed by atoms with van der Waals surface area (Å²) in [7, 11) is 0. The Bertz CT molecular complexity index is 243. The van der Waals surface area contributed by atoms with E-state index in [0.29, 0.717) is 23.4 Å². The predicted molar refractivity (Wildman–Crippen MR) is 87.8 cm³/mol. The van der Waals surface area contributed by atoms with Gasteiger partial charge in [0.05, 0.1) is 0 Å². The molecule has 20 heavy (non-hydrogen) atoms. The maximum Gasteiger partial charge on any atom is 0.138 e. The van der Waals surface area contributed by atoms with E-state index in [1.165, 1.54) is 0 Å². The first-order valence-corrected chi connectivity index (χ1v) is 8.20. The van der Waals surface area contributed by atoms with Gasteiger partial charge >= 0.3 is 0 Å². The van der Waals surface area contributed by atoms with Crippen LogP contribution in [0.1, 0.15) is 81.1 Å². The van der Waals surface area contributed by atoms with E-state index in [2.05, 4.69) is 41.5 Å². The minimum Gasteiger partial charge on any atom is -0.300 e. The van der Waals surface area contributed by atoms with Gasteiger partial charge in [-0.05, 0) is 24.7 Å². The number of carbonyl (C=O) groups is 2. The number of carbonyl (C=O) groups excluding carboxylic acids is 2. The average Bonchev–Trinajstić information content (AvgIpc) is 2.34. The first-order chi connectivity index (χ1) is 9.15. The third-order valence-electron chi connectivity index (χ3n) is 3.47. The van der Waals surface area contributed by atoms with Gasteiger partial charge in [-0.15, -0.1) is 0 Å². The Labute approximate surface area is 126 Å². The van der Waals surface area contributed by atoms with Crippen LogP contribution < -0.4 is 0 Å². The molecule has 0 aromatic rings. The summed E-state index contributed by atoms with van der Waals surface area (Å²) in [6.07, 6.45) is 3.45. The molecule has 0 aliphatic heterocycles. The second-order valence-electron chi connectivity index (χ2n) is 6.76. The summed E-state index contributed by atoms with van der Waals surface area (Å²) < 4.78 is 0. The van der Waals surface area contributed by atoms with Crippen LogP contribution in [-0.4, -0.2) is 11.6 Å². The number of rotatable bonds is 8. The van der Waals surface area contributed by atoms with Gasteiger partial charge in [0.15, 0.2) is 0 Å². The van der Waals surface area contributed by atoms with E-state index < -0.39 is 0 Å². The van der Waals surface area contributed by atoms with Crippen LogP contribution in [0.15, 0.2) is 0 Å². The molecule has 0 aliphatic rings. The van der Waals surface area contributed by atoms with Crippen molar-refractivity contribution in [3.8, 4) is 0 Å². The molecule has 2 unspecified atom stereocenters. The van der Waals surface area contributed by atoms with Crippen LogP contribution in [0.5, 0.6) is 0 Å². The molecule has 0 rings (SSSR count). The fourth-order valence-electron chi connectivity index (χ4n) is 1.88. The van der Waals surface area contributed by atoms with Crippen LogP contribution in [0.3, 0.4) is 0 Å². The van der Waals surface area contributed by atoms with Crippen molar-refractivity contribution in [3.63, 3.8) is 0 Å². The van der Waals surface area contributed by atoms with Gasteiger partial charge in [0.2, 0.25) is 0 Å². The molecule has 120 valence electrons. The molecule has 0 spiro atoms. The molecule has 0 fully saturated rings. The number of hydrogen-bond donors (Lipinski definition) is 0. The van der Waals surface area contributed by atoms with Crippen LogP contribution in [0, 0.1) is 23.7 Å².